The summed E-state index contributed by atoms with van der Waals surface area (Å²) in [5.41, 5.74) is 0. The highest BCUT2D eigenvalue weighted by molar-refractivity contribution is 6.48. The summed E-state index contributed by atoms with van der Waals surface area (Å²) in [7, 11) is 0. The van der Waals surface area contributed by atoms with Gasteiger partial charge in [0.1, 0.15) is 4.33 Å². The van der Waals surface area contributed by atoms with E-state index in [2.05, 4.69) is 13.3 Å². The highest BCUT2D eigenvalue weighted by atomic mass is 35.5. The predicted octanol–water partition coefficient (Wildman–Crippen LogP) is 3.57. The van der Waals surface area contributed by atoms with Crippen LogP contribution in [0.25, 0.3) is 0 Å². The first-order chi connectivity index (χ1) is 4.64. The SMILES string of the molecule is C[CH]C1CCCC(Cl)(Cl)C1. The van der Waals surface area contributed by atoms with Crippen molar-refractivity contribution in [1.82, 2.24) is 0 Å². The minimum absolute atomic E-state index is 0.435. The Labute approximate surface area is 72.9 Å². The fourth-order valence-corrected chi connectivity index (χ4v) is 2.16. The van der Waals surface area contributed by atoms with Crippen LogP contribution in [0.3, 0.4) is 0 Å². The van der Waals surface area contributed by atoms with Crippen LogP contribution < -0.4 is 0 Å². The molecule has 0 bridgehead atoms. The average Bonchev–Trinajstić information content (AvgIpc) is 1.86. The molecule has 1 unspecified atom stereocenters. The zero-order chi connectivity index (χ0) is 7.61. The van der Waals surface area contributed by atoms with E-state index in [9.17, 15) is 0 Å². The fraction of sp³-hybridized carbons (Fsp3) is 0.875. The summed E-state index contributed by atoms with van der Waals surface area (Å²) in [6.45, 7) is 2.08. The summed E-state index contributed by atoms with van der Waals surface area (Å²) in [5, 5.41) is 0. The van der Waals surface area contributed by atoms with Gasteiger partial charge in [0, 0.05) is 0 Å². The van der Waals surface area contributed by atoms with E-state index in [0.29, 0.717) is 5.92 Å². The highest BCUT2D eigenvalue weighted by Crippen LogP contribution is 2.41. The summed E-state index contributed by atoms with van der Waals surface area (Å²) >= 11 is 12.0. The van der Waals surface area contributed by atoms with Crippen molar-refractivity contribution in [3.05, 3.63) is 6.42 Å². The maximum atomic E-state index is 5.99. The Bertz CT molecular complexity index is 110. The molecule has 0 nitrogen and oxygen atoms in total. The van der Waals surface area contributed by atoms with Crippen LogP contribution in [0.1, 0.15) is 32.6 Å². The monoisotopic (exact) mass is 179 g/mol. The highest BCUT2D eigenvalue weighted by Gasteiger charge is 2.31. The van der Waals surface area contributed by atoms with Crippen LogP contribution in [-0.2, 0) is 0 Å². The average molecular weight is 180 g/mol. The molecule has 0 saturated heterocycles. The number of hydrogen-bond acceptors (Lipinski definition) is 0. The molecule has 0 aromatic carbocycles. The van der Waals surface area contributed by atoms with Gasteiger partial charge >= 0.3 is 0 Å². The van der Waals surface area contributed by atoms with Crippen LogP contribution in [0, 0.1) is 12.3 Å². The van der Waals surface area contributed by atoms with E-state index in [4.69, 9.17) is 23.2 Å². The Morgan fingerprint density at radius 1 is 1.50 bits per heavy atom. The summed E-state index contributed by atoms with van der Waals surface area (Å²) in [6, 6.07) is 0. The van der Waals surface area contributed by atoms with Gasteiger partial charge in [0.25, 0.3) is 0 Å². The Hall–Kier alpha value is 0.580. The molecule has 2 heteroatoms. The maximum Gasteiger partial charge on any atom is 0.118 e. The van der Waals surface area contributed by atoms with Crippen molar-refractivity contribution in [3.63, 3.8) is 0 Å². The molecule has 0 aromatic rings. The Balaban J connectivity index is 2.40. The number of alkyl halides is 2. The van der Waals surface area contributed by atoms with Crippen LogP contribution in [0.4, 0.5) is 0 Å². The van der Waals surface area contributed by atoms with Gasteiger partial charge in [-0.25, -0.2) is 0 Å². The van der Waals surface area contributed by atoms with Gasteiger partial charge in [-0.15, -0.1) is 23.2 Å². The van der Waals surface area contributed by atoms with Crippen molar-refractivity contribution in [2.24, 2.45) is 5.92 Å². The smallest absolute Gasteiger partial charge is 0.102 e. The molecule has 1 fully saturated rings. The van der Waals surface area contributed by atoms with Crippen molar-refractivity contribution >= 4 is 23.2 Å². The molecule has 1 saturated carbocycles. The van der Waals surface area contributed by atoms with Gasteiger partial charge in [0.2, 0.25) is 0 Å². The fourth-order valence-electron chi connectivity index (χ4n) is 1.50. The second-order valence-electron chi connectivity index (χ2n) is 3.05. The molecule has 0 spiro atoms. The number of hydrogen-bond donors (Lipinski definition) is 0. The Morgan fingerprint density at radius 2 is 2.20 bits per heavy atom. The maximum absolute atomic E-state index is 5.99. The molecule has 0 N–H and O–H groups in total. The number of rotatable bonds is 1. The van der Waals surface area contributed by atoms with Gasteiger partial charge in [0.15, 0.2) is 0 Å². The first-order valence-electron chi connectivity index (χ1n) is 3.81. The molecule has 0 aromatic heterocycles. The molecule has 0 amide bonds. The lowest BCUT2D eigenvalue weighted by Crippen LogP contribution is -2.23. The third-order valence-corrected chi connectivity index (χ3v) is 2.84. The van der Waals surface area contributed by atoms with Gasteiger partial charge in [-0.05, 0) is 31.6 Å². The molecule has 1 atom stereocenters. The zero-order valence-corrected chi connectivity index (χ0v) is 7.75. The van der Waals surface area contributed by atoms with E-state index in [1.165, 1.54) is 12.8 Å². The third-order valence-electron chi connectivity index (χ3n) is 2.15. The lowest BCUT2D eigenvalue weighted by atomic mass is 9.87. The molecule has 1 rings (SSSR count). The van der Waals surface area contributed by atoms with E-state index in [-0.39, 0.29) is 0 Å². The van der Waals surface area contributed by atoms with E-state index in [1.54, 1.807) is 0 Å². The van der Waals surface area contributed by atoms with Crippen molar-refractivity contribution in [1.29, 1.82) is 0 Å². The Morgan fingerprint density at radius 3 is 2.60 bits per heavy atom. The predicted molar refractivity (Wildman–Crippen MR) is 46.4 cm³/mol. The van der Waals surface area contributed by atoms with Crippen molar-refractivity contribution in [2.75, 3.05) is 0 Å². The van der Waals surface area contributed by atoms with E-state index in [1.807, 2.05) is 0 Å². The first-order valence-corrected chi connectivity index (χ1v) is 4.57. The second kappa shape index (κ2) is 3.32. The summed E-state index contributed by atoms with van der Waals surface area (Å²) in [4.78, 5) is 0. The Kier molecular flexibility index (Phi) is 2.88. The molecule has 0 aliphatic heterocycles. The topological polar surface area (TPSA) is 0 Å². The van der Waals surface area contributed by atoms with Crippen LogP contribution in [-0.4, -0.2) is 4.33 Å². The zero-order valence-electron chi connectivity index (χ0n) is 6.24. The molecule has 1 aliphatic carbocycles. The van der Waals surface area contributed by atoms with Gasteiger partial charge in [-0.2, -0.15) is 0 Å². The molecule has 1 aliphatic rings. The second-order valence-corrected chi connectivity index (χ2v) is 4.69. The van der Waals surface area contributed by atoms with E-state index >= 15 is 0 Å². The lowest BCUT2D eigenvalue weighted by molar-refractivity contribution is 0.381. The molecule has 59 valence electrons. The summed E-state index contributed by atoms with van der Waals surface area (Å²) in [5.74, 6) is 0.642. The largest absolute Gasteiger partial charge is 0.118 e. The summed E-state index contributed by atoms with van der Waals surface area (Å²) < 4.78 is -0.435. The van der Waals surface area contributed by atoms with Crippen LogP contribution in [0.5, 0.6) is 0 Å². The molecule has 10 heavy (non-hydrogen) atoms. The van der Waals surface area contributed by atoms with Gasteiger partial charge in [-0.1, -0.05) is 13.3 Å². The third kappa shape index (κ3) is 2.32. The summed E-state index contributed by atoms with van der Waals surface area (Å²) in [6.07, 6.45) is 6.53. The van der Waals surface area contributed by atoms with Crippen LogP contribution in [0.2, 0.25) is 0 Å². The van der Waals surface area contributed by atoms with Gasteiger partial charge in [0.05, 0.1) is 0 Å². The van der Waals surface area contributed by atoms with E-state index in [0.717, 1.165) is 12.8 Å². The normalized spacial score (nSPS) is 32.1. The lowest BCUT2D eigenvalue weighted by Gasteiger charge is -2.30. The van der Waals surface area contributed by atoms with Crippen molar-refractivity contribution < 1.29 is 0 Å². The van der Waals surface area contributed by atoms with Crippen LogP contribution >= 0.6 is 23.2 Å². The van der Waals surface area contributed by atoms with Crippen LogP contribution in [0.15, 0.2) is 0 Å². The van der Waals surface area contributed by atoms with Gasteiger partial charge in [-0.3, -0.25) is 0 Å². The molecular weight excluding hydrogens is 167 g/mol. The first kappa shape index (κ1) is 8.67. The van der Waals surface area contributed by atoms with Crippen molar-refractivity contribution in [3.8, 4) is 0 Å². The van der Waals surface area contributed by atoms with Crippen molar-refractivity contribution in [2.45, 2.75) is 36.9 Å². The molecular formula is C8H13Cl2. The number of halogens is 2. The van der Waals surface area contributed by atoms with Gasteiger partial charge < -0.3 is 0 Å². The van der Waals surface area contributed by atoms with E-state index < -0.39 is 4.33 Å². The standard InChI is InChI=1S/C8H13Cl2/c1-2-7-4-3-5-8(9,10)6-7/h2,7H,3-6H2,1H3. The molecule has 1 radical (unpaired) electrons. The minimum Gasteiger partial charge on any atom is -0.102 e. The minimum atomic E-state index is -0.435. The molecule has 0 heterocycles. The quantitative estimate of drug-likeness (QED) is 0.541.